The van der Waals surface area contributed by atoms with E-state index in [-0.39, 0.29) is 17.9 Å². The number of ether oxygens (including phenoxy) is 2. The second kappa shape index (κ2) is 8.02. The van der Waals surface area contributed by atoms with Gasteiger partial charge in [0, 0.05) is 43.1 Å². The summed E-state index contributed by atoms with van der Waals surface area (Å²) in [5, 5.41) is 2.92. The average Bonchev–Trinajstić information content (AvgIpc) is 3.35. The number of hydrogen-bond donors (Lipinski definition) is 1. The largest absolute Gasteiger partial charge is 0.491 e. The first-order valence-corrected chi connectivity index (χ1v) is 9.67. The fourth-order valence-electron chi connectivity index (χ4n) is 3.70. The van der Waals surface area contributed by atoms with E-state index in [2.05, 4.69) is 5.32 Å². The molecule has 146 valence electrons. The molecule has 2 heterocycles. The van der Waals surface area contributed by atoms with Gasteiger partial charge in [-0.3, -0.25) is 9.59 Å². The minimum atomic E-state index is -0.180. The van der Waals surface area contributed by atoms with Crippen LogP contribution < -0.4 is 15.0 Å². The zero-order valence-corrected chi connectivity index (χ0v) is 15.9. The van der Waals surface area contributed by atoms with Gasteiger partial charge in [-0.1, -0.05) is 6.07 Å². The SMILES string of the molecule is CC(=O)N1CCc2cc(C(=O)Nc3cccc(OCC4CCCO4)c3)ccc21. The summed E-state index contributed by atoms with van der Waals surface area (Å²) >= 11 is 0. The number of rotatable bonds is 5. The predicted octanol–water partition coefficient (Wildman–Crippen LogP) is 3.41. The molecule has 2 aromatic rings. The minimum Gasteiger partial charge on any atom is -0.491 e. The van der Waals surface area contributed by atoms with E-state index in [1.807, 2.05) is 36.4 Å². The Balaban J connectivity index is 1.41. The highest BCUT2D eigenvalue weighted by molar-refractivity contribution is 6.05. The molecule has 0 saturated carbocycles. The molecule has 28 heavy (non-hydrogen) atoms. The lowest BCUT2D eigenvalue weighted by molar-refractivity contribution is -0.116. The van der Waals surface area contributed by atoms with Crippen LogP contribution in [0.15, 0.2) is 42.5 Å². The Hall–Kier alpha value is -2.86. The number of nitrogens with one attached hydrogen (secondary N) is 1. The van der Waals surface area contributed by atoms with E-state index in [0.717, 1.165) is 37.1 Å². The first kappa shape index (κ1) is 18.5. The summed E-state index contributed by atoms with van der Waals surface area (Å²) in [6, 6.07) is 12.8. The maximum atomic E-state index is 12.7. The molecule has 1 saturated heterocycles. The molecule has 0 bridgehead atoms. The Morgan fingerprint density at radius 2 is 2.14 bits per heavy atom. The van der Waals surface area contributed by atoms with Gasteiger partial charge in [-0.15, -0.1) is 0 Å². The summed E-state index contributed by atoms with van der Waals surface area (Å²) in [6.45, 7) is 3.55. The van der Waals surface area contributed by atoms with Gasteiger partial charge < -0.3 is 19.7 Å². The van der Waals surface area contributed by atoms with Crippen LogP contribution in [0.4, 0.5) is 11.4 Å². The summed E-state index contributed by atoms with van der Waals surface area (Å²) in [4.78, 5) is 26.1. The standard InChI is InChI=1S/C22H24N2O4/c1-15(25)24-10-9-16-12-17(7-8-21(16)24)22(26)23-18-4-2-5-19(13-18)28-14-20-6-3-11-27-20/h2,4-5,7-8,12-13,20H,3,6,9-11,14H2,1H3,(H,23,26). The number of nitrogens with zero attached hydrogens (tertiary/aromatic N) is 1. The maximum absolute atomic E-state index is 12.7. The van der Waals surface area contributed by atoms with Crippen LogP contribution in [0, 0.1) is 0 Å². The first-order chi connectivity index (χ1) is 13.6. The third-order valence-electron chi connectivity index (χ3n) is 5.17. The first-order valence-electron chi connectivity index (χ1n) is 9.67. The van der Waals surface area contributed by atoms with Crippen molar-refractivity contribution in [3.8, 4) is 5.75 Å². The highest BCUT2D eigenvalue weighted by atomic mass is 16.5. The second-order valence-electron chi connectivity index (χ2n) is 7.19. The molecular weight excluding hydrogens is 356 g/mol. The van der Waals surface area contributed by atoms with Gasteiger partial charge in [-0.2, -0.15) is 0 Å². The smallest absolute Gasteiger partial charge is 0.255 e. The van der Waals surface area contributed by atoms with Gasteiger partial charge in [0.25, 0.3) is 5.91 Å². The summed E-state index contributed by atoms with van der Waals surface area (Å²) in [5.74, 6) is 0.551. The molecule has 1 atom stereocenters. The number of hydrogen-bond acceptors (Lipinski definition) is 4. The Bertz CT molecular complexity index is 890. The van der Waals surface area contributed by atoms with E-state index in [1.165, 1.54) is 0 Å². The molecule has 2 aromatic carbocycles. The topological polar surface area (TPSA) is 67.9 Å². The molecule has 6 nitrogen and oxygen atoms in total. The molecule has 4 rings (SSSR count). The van der Waals surface area contributed by atoms with Crippen molar-refractivity contribution in [2.24, 2.45) is 0 Å². The van der Waals surface area contributed by atoms with Crippen LogP contribution in [0.3, 0.4) is 0 Å². The Morgan fingerprint density at radius 1 is 1.25 bits per heavy atom. The van der Waals surface area contributed by atoms with Gasteiger partial charge in [0.05, 0.1) is 6.10 Å². The van der Waals surface area contributed by atoms with Crippen molar-refractivity contribution in [2.45, 2.75) is 32.3 Å². The van der Waals surface area contributed by atoms with Crippen molar-refractivity contribution in [1.82, 2.24) is 0 Å². The number of amides is 2. The molecule has 1 N–H and O–H groups in total. The normalized spacial score (nSPS) is 18.0. The number of carbonyl (C=O) groups is 2. The summed E-state index contributed by atoms with van der Waals surface area (Å²) in [6.07, 6.45) is 3.02. The van der Waals surface area contributed by atoms with Crippen LogP contribution in [-0.4, -0.2) is 37.7 Å². The van der Waals surface area contributed by atoms with Crippen LogP contribution in [0.1, 0.15) is 35.7 Å². The van der Waals surface area contributed by atoms with E-state index in [1.54, 1.807) is 17.9 Å². The Kier molecular flexibility index (Phi) is 5.30. The minimum absolute atomic E-state index is 0.0239. The highest BCUT2D eigenvalue weighted by Crippen LogP contribution is 2.29. The zero-order valence-electron chi connectivity index (χ0n) is 15.9. The quantitative estimate of drug-likeness (QED) is 0.863. The molecule has 2 amide bonds. The van der Waals surface area contributed by atoms with Gasteiger partial charge in [-0.05, 0) is 55.2 Å². The van der Waals surface area contributed by atoms with Gasteiger partial charge in [0.2, 0.25) is 5.91 Å². The molecule has 2 aliphatic rings. The van der Waals surface area contributed by atoms with Crippen molar-refractivity contribution in [2.75, 3.05) is 30.0 Å². The van der Waals surface area contributed by atoms with E-state index in [9.17, 15) is 9.59 Å². The third kappa shape index (κ3) is 4.02. The number of anilines is 2. The molecule has 1 unspecified atom stereocenters. The van der Waals surface area contributed by atoms with Crippen LogP contribution in [0.2, 0.25) is 0 Å². The molecule has 0 spiro atoms. The van der Waals surface area contributed by atoms with E-state index in [0.29, 0.717) is 30.2 Å². The van der Waals surface area contributed by atoms with Crippen molar-refractivity contribution in [3.63, 3.8) is 0 Å². The lowest BCUT2D eigenvalue weighted by Gasteiger charge is -2.15. The second-order valence-corrected chi connectivity index (χ2v) is 7.19. The molecule has 0 radical (unpaired) electrons. The lowest BCUT2D eigenvalue weighted by atomic mass is 10.1. The van der Waals surface area contributed by atoms with E-state index < -0.39 is 0 Å². The van der Waals surface area contributed by atoms with Crippen LogP contribution in [-0.2, 0) is 16.0 Å². The molecule has 2 aliphatic heterocycles. The predicted molar refractivity (Wildman–Crippen MR) is 107 cm³/mol. The van der Waals surface area contributed by atoms with E-state index in [4.69, 9.17) is 9.47 Å². The Morgan fingerprint density at radius 3 is 2.93 bits per heavy atom. The Labute approximate surface area is 164 Å². The number of carbonyl (C=O) groups excluding carboxylic acids is 2. The molecule has 6 heteroatoms. The average molecular weight is 380 g/mol. The molecular formula is C22H24N2O4. The van der Waals surface area contributed by atoms with Crippen molar-refractivity contribution in [1.29, 1.82) is 0 Å². The van der Waals surface area contributed by atoms with Gasteiger partial charge in [0.15, 0.2) is 0 Å². The highest BCUT2D eigenvalue weighted by Gasteiger charge is 2.23. The van der Waals surface area contributed by atoms with Crippen molar-refractivity contribution < 1.29 is 19.1 Å². The summed E-state index contributed by atoms with van der Waals surface area (Å²) < 4.78 is 11.4. The third-order valence-corrected chi connectivity index (χ3v) is 5.17. The fraction of sp³-hybridized carbons (Fsp3) is 0.364. The van der Waals surface area contributed by atoms with Gasteiger partial charge in [-0.25, -0.2) is 0 Å². The van der Waals surface area contributed by atoms with Crippen LogP contribution in [0.25, 0.3) is 0 Å². The molecule has 0 aromatic heterocycles. The van der Waals surface area contributed by atoms with Crippen LogP contribution >= 0.6 is 0 Å². The molecule has 0 aliphatic carbocycles. The van der Waals surface area contributed by atoms with Crippen LogP contribution in [0.5, 0.6) is 5.75 Å². The summed E-state index contributed by atoms with van der Waals surface area (Å²) in [5.41, 5.74) is 3.18. The van der Waals surface area contributed by atoms with Crippen molar-refractivity contribution >= 4 is 23.2 Å². The number of fused-ring (bicyclic) bond motifs is 1. The van der Waals surface area contributed by atoms with Gasteiger partial charge >= 0.3 is 0 Å². The summed E-state index contributed by atoms with van der Waals surface area (Å²) in [7, 11) is 0. The van der Waals surface area contributed by atoms with Gasteiger partial charge in [0.1, 0.15) is 12.4 Å². The maximum Gasteiger partial charge on any atom is 0.255 e. The monoisotopic (exact) mass is 380 g/mol. The molecule has 1 fully saturated rings. The lowest BCUT2D eigenvalue weighted by Crippen LogP contribution is -2.25. The zero-order chi connectivity index (χ0) is 19.5. The number of benzene rings is 2. The fourth-order valence-corrected chi connectivity index (χ4v) is 3.70. The van der Waals surface area contributed by atoms with E-state index >= 15 is 0 Å². The van der Waals surface area contributed by atoms with Crippen molar-refractivity contribution in [3.05, 3.63) is 53.6 Å².